The van der Waals surface area contributed by atoms with Gasteiger partial charge in [0.1, 0.15) is 24.4 Å². The third-order valence-electron chi connectivity index (χ3n) is 14.9. The molecule has 0 spiro atoms. The second-order valence-electron chi connectivity index (χ2n) is 21.5. The molecular formula is C60H117NO8. The highest BCUT2D eigenvalue weighted by molar-refractivity contribution is 5.76. The van der Waals surface area contributed by atoms with Crippen LogP contribution < -0.4 is 5.32 Å². The summed E-state index contributed by atoms with van der Waals surface area (Å²) in [6.07, 6.45) is 55.8. The van der Waals surface area contributed by atoms with Crippen LogP contribution in [0, 0.1) is 0 Å². The van der Waals surface area contributed by atoms with Crippen LogP contribution in [0.25, 0.3) is 0 Å². The summed E-state index contributed by atoms with van der Waals surface area (Å²) < 4.78 is 11.3. The molecule has 1 saturated heterocycles. The molecule has 9 heteroatoms. The van der Waals surface area contributed by atoms with E-state index in [0.717, 1.165) is 38.5 Å². The molecule has 410 valence electrons. The zero-order valence-electron chi connectivity index (χ0n) is 45.6. The van der Waals surface area contributed by atoms with E-state index in [1.807, 2.05) is 6.08 Å². The van der Waals surface area contributed by atoms with Crippen molar-refractivity contribution in [1.82, 2.24) is 5.32 Å². The number of carbonyl (C=O) groups is 1. The first-order chi connectivity index (χ1) is 33.8. The first-order valence-electron chi connectivity index (χ1n) is 30.4. The van der Waals surface area contributed by atoms with E-state index in [0.29, 0.717) is 6.42 Å². The average molecular weight is 981 g/mol. The van der Waals surface area contributed by atoms with Crippen molar-refractivity contribution in [3.05, 3.63) is 12.2 Å². The Bertz CT molecular complexity index is 1090. The van der Waals surface area contributed by atoms with Crippen LogP contribution >= 0.6 is 0 Å². The van der Waals surface area contributed by atoms with Gasteiger partial charge in [0.2, 0.25) is 5.91 Å². The molecule has 0 aliphatic carbocycles. The van der Waals surface area contributed by atoms with Crippen LogP contribution in [0.5, 0.6) is 0 Å². The highest BCUT2D eigenvalue weighted by Crippen LogP contribution is 2.23. The van der Waals surface area contributed by atoms with Gasteiger partial charge in [-0.15, -0.1) is 0 Å². The largest absolute Gasteiger partial charge is 0.394 e. The number of allylic oxidation sites excluding steroid dienone is 1. The number of unbranched alkanes of at least 4 members (excludes halogenated alkanes) is 43. The molecule has 1 aliphatic rings. The van der Waals surface area contributed by atoms with Crippen molar-refractivity contribution in [2.75, 3.05) is 13.2 Å². The van der Waals surface area contributed by atoms with E-state index in [4.69, 9.17) is 9.47 Å². The fourth-order valence-electron chi connectivity index (χ4n) is 10.0. The van der Waals surface area contributed by atoms with Crippen LogP contribution in [0.1, 0.15) is 309 Å². The maximum atomic E-state index is 13.1. The van der Waals surface area contributed by atoms with Crippen molar-refractivity contribution in [3.8, 4) is 0 Å². The van der Waals surface area contributed by atoms with Crippen LogP contribution in [0.3, 0.4) is 0 Å². The summed E-state index contributed by atoms with van der Waals surface area (Å²) in [6, 6.07) is -0.800. The zero-order valence-corrected chi connectivity index (χ0v) is 45.6. The minimum absolute atomic E-state index is 0.169. The third-order valence-corrected chi connectivity index (χ3v) is 14.9. The van der Waals surface area contributed by atoms with Crippen molar-refractivity contribution in [2.24, 2.45) is 0 Å². The Balaban J connectivity index is 2.13. The van der Waals surface area contributed by atoms with Gasteiger partial charge in [0.15, 0.2) is 6.29 Å². The quantitative estimate of drug-likeness (QED) is 0.0261. The fourth-order valence-corrected chi connectivity index (χ4v) is 10.0. The zero-order chi connectivity index (χ0) is 50.1. The second-order valence-corrected chi connectivity index (χ2v) is 21.5. The topological polar surface area (TPSA) is 149 Å². The van der Waals surface area contributed by atoms with Crippen LogP contribution in [-0.2, 0) is 14.3 Å². The third kappa shape index (κ3) is 40.1. The summed E-state index contributed by atoms with van der Waals surface area (Å²) in [6.45, 7) is 3.82. The smallest absolute Gasteiger partial charge is 0.220 e. The van der Waals surface area contributed by atoms with E-state index in [2.05, 4.69) is 19.2 Å². The van der Waals surface area contributed by atoms with Crippen LogP contribution in [0.2, 0.25) is 0 Å². The molecular weight excluding hydrogens is 863 g/mol. The van der Waals surface area contributed by atoms with Gasteiger partial charge in [-0.1, -0.05) is 296 Å². The number of aliphatic hydroxyl groups is 5. The fraction of sp³-hybridized carbons (Fsp3) is 0.950. The van der Waals surface area contributed by atoms with Crippen molar-refractivity contribution in [3.63, 3.8) is 0 Å². The van der Waals surface area contributed by atoms with Crippen molar-refractivity contribution >= 4 is 5.91 Å². The Kier molecular flexibility index (Phi) is 48.2. The molecule has 0 aromatic carbocycles. The van der Waals surface area contributed by atoms with E-state index in [9.17, 15) is 30.3 Å². The first-order valence-corrected chi connectivity index (χ1v) is 30.4. The summed E-state index contributed by atoms with van der Waals surface area (Å²) in [5.74, 6) is -0.169. The summed E-state index contributed by atoms with van der Waals surface area (Å²) in [7, 11) is 0. The number of amides is 1. The number of aliphatic hydroxyl groups excluding tert-OH is 5. The second kappa shape index (κ2) is 50.5. The molecule has 9 nitrogen and oxygen atoms in total. The Labute approximate surface area is 426 Å². The van der Waals surface area contributed by atoms with Gasteiger partial charge in [-0.05, 0) is 19.3 Å². The average Bonchev–Trinajstić information content (AvgIpc) is 3.35. The van der Waals surface area contributed by atoms with Gasteiger partial charge in [0.05, 0.1) is 25.4 Å². The summed E-state index contributed by atoms with van der Waals surface area (Å²) in [5, 5.41) is 54.5. The SMILES string of the molecule is CCCCCCCCCCCCCCCC/C=C/[C@@H](O)[C@H](CO[C@@H]1O[C@H](CO)[C@@H](O)C(O)C1O)NC(=O)CCCCCCCCCCCCCCCCCCCCCCCCCCCCCCCC. The molecule has 69 heavy (non-hydrogen) atoms. The predicted molar refractivity (Wildman–Crippen MR) is 291 cm³/mol. The molecule has 0 aromatic rings. The lowest BCUT2D eigenvalue weighted by molar-refractivity contribution is -0.302. The highest BCUT2D eigenvalue weighted by atomic mass is 16.7. The Morgan fingerprint density at radius 2 is 0.797 bits per heavy atom. The minimum Gasteiger partial charge on any atom is -0.394 e. The van der Waals surface area contributed by atoms with Gasteiger partial charge in [0.25, 0.3) is 0 Å². The molecule has 0 saturated carbocycles. The summed E-state index contributed by atoms with van der Waals surface area (Å²) >= 11 is 0. The van der Waals surface area contributed by atoms with Crippen LogP contribution in [0.15, 0.2) is 12.2 Å². The lowest BCUT2D eigenvalue weighted by atomic mass is 9.99. The molecule has 1 heterocycles. The highest BCUT2D eigenvalue weighted by Gasteiger charge is 2.44. The van der Waals surface area contributed by atoms with E-state index < -0.39 is 49.5 Å². The van der Waals surface area contributed by atoms with Gasteiger partial charge in [-0.2, -0.15) is 0 Å². The number of hydrogen-bond donors (Lipinski definition) is 6. The molecule has 7 atom stereocenters. The summed E-state index contributed by atoms with van der Waals surface area (Å²) in [4.78, 5) is 13.1. The molecule has 6 N–H and O–H groups in total. The Morgan fingerprint density at radius 3 is 1.13 bits per heavy atom. The minimum atomic E-state index is -1.56. The lowest BCUT2D eigenvalue weighted by Gasteiger charge is -2.40. The molecule has 1 fully saturated rings. The molecule has 1 amide bonds. The predicted octanol–water partition coefficient (Wildman–Crippen LogP) is 15.2. The van der Waals surface area contributed by atoms with E-state index in [1.165, 1.54) is 250 Å². The number of nitrogens with one attached hydrogen (secondary N) is 1. The van der Waals surface area contributed by atoms with Crippen LogP contribution in [0.4, 0.5) is 0 Å². The van der Waals surface area contributed by atoms with Gasteiger partial charge in [0, 0.05) is 6.42 Å². The molecule has 0 bridgehead atoms. The number of carbonyl (C=O) groups excluding carboxylic acids is 1. The van der Waals surface area contributed by atoms with Crippen molar-refractivity contribution in [2.45, 2.75) is 352 Å². The number of rotatable bonds is 53. The van der Waals surface area contributed by atoms with Gasteiger partial charge >= 0.3 is 0 Å². The molecule has 1 aliphatic heterocycles. The van der Waals surface area contributed by atoms with Crippen molar-refractivity contribution < 1.29 is 39.8 Å². The molecule has 0 aromatic heterocycles. The molecule has 1 rings (SSSR count). The lowest BCUT2D eigenvalue weighted by Crippen LogP contribution is -2.60. The maximum Gasteiger partial charge on any atom is 0.220 e. The van der Waals surface area contributed by atoms with Gasteiger partial charge in [-0.25, -0.2) is 0 Å². The van der Waals surface area contributed by atoms with Crippen LogP contribution in [-0.4, -0.2) is 87.5 Å². The molecule has 2 unspecified atom stereocenters. The van der Waals surface area contributed by atoms with E-state index >= 15 is 0 Å². The summed E-state index contributed by atoms with van der Waals surface area (Å²) in [5.41, 5.74) is 0. The normalized spacial score (nSPS) is 19.4. The standard InChI is InChI=1S/C60H117NO8/c1-3-5-7-9-11-13-15-17-19-21-22-23-24-25-26-27-28-29-30-31-32-33-34-36-38-40-42-44-46-48-50-56(64)61-53(52-68-60-59(67)58(66)57(65)55(51-62)69-60)54(63)49-47-45-43-41-39-37-35-20-18-16-14-12-10-8-6-4-2/h47,49,53-55,57-60,62-63,65-67H,3-46,48,50-52H2,1-2H3,(H,61,64)/b49-47+/t53-,54+,55+,57+,58?,59?,60+/m0/s1. The Morgan fingerprint density at radius 1 is 0.478 bits per heavy atom. The Hall–Kier alpha value is -1.07. The van der Waals surface area contributed by atoms with E-state index in [1.54, 1.807) is 6.08 Å². The maximum absolute atomic E-state index is 13.1. The van der Waals surface area contributed by atoms with Gasteiger partial charge < -0.3 is 40.3 Å². The first kappa shape index (κ1) is 65.9. The monoisotopic (exact) mass is 980 g/mol. The number of ether oxygens (including phenoxy) is 2. The van der Waals surface area contributed by atoms with Crippen molar-refractivity contribution in [1.29, 1.82) is 0 Å². The van der Waals surface area contributed by atoms with Gasteiger partial charge in [-0.3, -0.25) is 4.79 Å². The molecule has 0 radical (unpaired) electrons. The van der Waals surface area contributed by atoms with E-state index in [-0.39, 0.29) is 12.5 Å². The number of hydrogen-bond acceptors (Lipinski definition) is 8.